The molecule has 21 heavy (non-hydrogen) atoms. The van der Waals surface area contributed by atoms with Gasteiger partial charge in [-0.3, -0.25) is 0 Å². The van der Waals surface area contributed by atoms with Crippen molar-refractivity contribution < 1.29 is 9.31 Å². The van der Waals surface area contributed by atoms with E-state index in [0.29, 0.717) is 18.2 Å². The SMILES string of the molecule is [C-]#[N+]C1=C(c2ccccc2)OC[N+](c2ccccc2)=C1C. The van der Waals surface area contributed by atoms with Gasteiger partial charge >= 0.3 is 0 Å². The van der Waals surface area contributed by atoms with E-state index in [2.05, 4.69) is 4.85 Å². The number of para-hydroxylation sites is 1. The van der Waals surface area contributed by atoms with Crippen molar-refractivity contribution in [3.8, 4) is 0 Å². The summed E-state index contributed by atoms with van der Waals surface area (Å²) in [6.07, 6.45) is 0. The Hall–Kier alpha value is -2.86. The number of benzene rings is 2. The predicted octanol–water partition coefficient (Wildman–Crippen LogP) is 4.07. The Morgan fingerprint density at radius 3 is 2.24 bits per heavy atom. The first-order valence-electron chi connectivity index (χ1n) is 6.77. The van der Waals surface area contributed by atoms with Crippen molar-refractivity contribution in [2.45, 2.75) is 6.92 Å². The highest BCUT2D eigenvalue weighted by molar-refractivity contribution is 6.03. The van der Waals surface area contributed by atoms with Crippen LogP contribution in [0.2, 0.25) is 0 Å². The van der Waals surface area contributed by atoms with Gasteiger partial charge in [-0.2, -0.15) is 4.58 Å². The molecule has 2 aromatic rings. The molecule has 0 radical (unpaired) electrons. The van der Waals surface area contributed by atoms with Gasteiger partial charge in [-0.25, -0.2) is 4.85 Å². The zero-order valence-corrected chi connectivity index (χ0v) is 11.8. The fourth-order valence-corrected chi connectivity index (χ4v) is 2.40. The van der Waals surface area contributed by atoms with Gasteiger partial charge in [-0.1, -0.05) is 48.5 Å². The lowest BCUT2D eigenvalue weighted by Gasteiger charge is -2.18. The number of allylic oxidation sites excluding steroid dienone is 1. The van der Waals surface area contributed by atoms with E-state index in [0.717, 1.165) is 17.0 Å². The predicted molar refractivity (Wildman–Crippen MR) is 83.0 cm³/mol. The molecule has 0 spiro atoms. The Kier molecular flexibility index (Phi) is 3.53. The Bertz CT molecular complexity index is 753. The molecule has 1 aliphatic rings. The quantitative estimate of drug-likeness (QED) is 0.596. The van der Waals surface area contributed by atoms with E-state index in [9.17, 15) is 0 Å². The molecular weight excluding hydrogens is 260 g/mol. The van der Waals surface area contributed by atoms with E-state index >= 15 is 0 Å². The van der Waals surface area contributed by atoms with Gasteiger partial charge in [0.2, 0.25) is 5.69 Å². The normalized spacial score (nSPS) is 14.7. The van der Waals surface area contributed by atoms with Crippen molar-refractivity contribution in [3.05, 3.63) is 83.3 Å². The summed E-state index contributed by atoms with van der Waals surface area (Å²) in [7, 11) is 0. The fraction of sp³-hybridized carbons (Fsp3) is 0.111. The molecule has 1 heterocycles. The van der Waals surface area contributed by atoms with Crippen molar-refractivity contribution in [1.29, 1.82) is 0 Å². The molecule has 0 N–H and O–H groups in total. The monoisotopic (exact) mass is 275 g/mol. The number of nitrogens with zero attached hydrogens (tertiary/aromatic N) is 2. The minimum absolute atomic E-state index is 0.416. The van der Waals surface area contributed by atoms with E-state index in [1.54, 1.807) is 0 Å². The largest absolute Gasteiger partial charge is 0.446 e. The number of rotatable bonds is 2. The van der Waals surface area contributed by atoms with E-state index in [1.807, 2.05) is 72.2 Å². The zero-order valence-electron chi connectivity index (χ0n) is 11.8. The summed E-state index contributed by atoms with van der Waals surface area (Å²) in [5.41, 5.74) is 3.46. The van der Waals surface area contributed by atoms with Crippen molar-refractivity contribution >= 4 is 17.2 Å². The second-order valence-corrected chi connectivity index (χ2v) is 4.78. The maximum absolute atomic E-state index is 7.50. The highest BCUT2D eigenvalue weighted by atomic mass is 16.5. The average molecular weight is 275 g/mol. The molecule has 0 unspecified atom stereocenters. The molecule has 0 aromatic heterocycles. The van der Waals surface area contributed by atoms with Crippen LogP contribution in [0.1, 0.15) is 12.5 Å². The van der Waals surface area contributed by atoms with Gasteiger partial charge < -0.3 is 4.74 Å². The zero-order chi connectivity index (χ0) is 14.7. The molecule has 0 atom stereocenters. The molecule has 3 rings (SSSR count). The Labute approximate surface area is 124 Å². The molecule has 0 amide bonds. The van der Waals surface area contributed by atoms with Crippen molar-refractivity contribution in [2.75, 3.05) is 6.73 Å². The van der Waals surface area contributed by atoms with Crippen molar-refractivity contribution in [2.24, 2.45) is 0 Å². The van der Waals surface area contributed by atoms with Gasteiger partial charge in [0.15, 0.2) is 5.71 Å². The number of ether oxygens (including phenoxy) is 1. The smallest absolute Gasteiger partial charge is 0.293 e. The molecule has 2 aromatic carbocycles. The molecule has 3 heteroatoms. The molecule has 102 valence electrons. The Morgan fingerprint density at radius 1 is 1.00 bits per heavy atom. The van der Waals surface area contributed by atoms with Crippen molar-refractivity contribution in [3.63, 3.8) is 0 Å². The van der Waals surface area contributed by atoms with Gasteiger partial charge in [0.1, 0.15) is 5.76 Å². The molecule has 0 fully saturated rings. The van der Waals surface area contributed by atoms with Crippen LogP contribution in [0.5, 0.6) is 0 Å². The minimum Gasteiger partial charge on any atom is -0.446 e. The van der Waals surface area contributed by atoms with Crippen LogP contribution >= 0.6 is 0 Å². The molecule has 0 aliphatic carbocycles. The van der Waals surface area contributed by atoms with Crippen LogP contribution in [0.4, 0.5) is 5.69 Å². The van der Waals surface area contributed by atoms with E-state index in [4.69, 9.17) is 11.3 Å². The van der Waals surface area contributed by atoms with Crippen LogP contribution in [0.25, 0.3) is 10.6 Å². The first-order chi connectivity index (χ1) is 10.3. The molecule has 0 bridgehead atoms. The lowest BCUT2D eigenvalue weighted by atomic mass is 10.1. The summed E-state index contributed by atoms with van der Waals surface area (Å²) in [4.78, 5) is 3.69. The van der Waals surface area contributed by atoms with Gasteiger partial charge in [-0.05, 0) is 0 Å². The van der Waals surface area contributed by atoms with Gasteiger partial charge in [0.05, 0.1) is 6.57 Å². The van der Waals surface area contributed by atoms with Gasteiger partial charge in [0, 0.05) is 24.6 Å². The van der Waals surface area contributed by atoms with E-state index < -0.39 is 0 Å². The summed E-state index contributed by atoms with van der Waals surface area (Å²) in [5.74, 6) is 0.662. The molecular formula is C18H15N2O+. The van der Waals surface area contributed by atoms with Gasteiger partial charge in [-0.15, -0.1) is 0 Å². The third-order valence-corrected chi connectivity index (χ3v) is 3.52. The second kappa shape index (κ2) is 5.64. The average Bonchev–Trinajstić information content (AvgIpc) is 2.56. The van der Waals surface area contributed by atoms with Crippen LogP contribution in [0.15, 0.2) is 66.4 Å². The Balaban J connectivity index is 2.13. The first kappa shape index (κ1) is 13.1. The third-order valence-electron chi connectivity index (χ3n) is 3.52. The molecule has 0 saturated heterocycles. The maximum Gasteiger partial charge on any atom is 0.293 e. The number of hydrogen-bond donors (Lipinski definition) is 0. The number of hydrogen-bond acceptors (Lipinski definition) is 1. The van der Waals surface area contributed by atoms with Crippen molar-refractivity contribution in [1.82, 2.24) is 0 Å². The van der Waals surface area contributed by atoms with Crippen LogP contribution in [-0.4, -0.2) is 17.0 Å². The lowest BCUT2D eigenvalue weighted by Crippen LogP contribution is -2.24. The van der Waals surface area contributed by atoms with E-state index in [-0.39, 0.29) is 0 Å². The highest BCUT2D eigenvalue weighted by Crippen LogP contribution is 2.27. The summed E-state index contributed by atoms with van der Waals surface area (Å²) < 4.78 is 7.89. The third kappa shape index (κ3) is 2.44. The Morgan fingerprint density at radius 2 is 1.62 bits per heavy atom. The van der Waals surface area contributed by atoms with Gasteiger partial charge in [0.25, 0.3) is 12.4 Å². The van der Waals surface area contributed by atoms with Crippen LogP contribution in [0, 0.1) is 6.57 Å². The summed E-state index contributed by atoms with van der Waals surface area (Å²) in [5, 5.41) is 0. The van der Waals surface area contributed by atoms with Crippen LogP contribution < -0.4 is 0 Å². The lowest BCUT2D eigenvalue weighted by molar-refractivity contribution is -0.485. The summed E-state index contributed by atoms with van der Waals surface area (Å²) in [6, 6.07) is 19.8. The minimum atomic E-state index is 0.416. The molecule has 0 saturated carbocycles. The van der Waals surface area contributed by atoms with Crippen LogP contribution in [-0.2, 0) is 4.74 Å². The fourth-order valence-electron chi connectivity index (χ4n) is 2.40. The summed E-state index contributed by atoms with van der Waals surface area (Å²) in [6.45, 7) is 9.88. The summed E-state index contributed by atoms with van der Waals surface area (Å²) >= 11 is 0. The molecule has 1 aliphatic heterocycles. The topological polar surface area (TPSA) is 16.6 Å². The maximum atomic E-state index is 7.50. The second-order valence-electron chi connectivity index (χ2n) is 4.78. The first-order valence-corrected chi connectivity index (χ1v) is 6.77. The van der Waals surface area contributed by atoms with Crippen LogP contribution in [0.3, 0.4) is 0 Å². The molecule has 3 nitrogen and oxygen atoms in total. The highest BCUT2D eigenvalue weighted by Gasteiger charge is 2.28. The standard InChI is InChI=1S/C18H15N2O/c1-14-17(19-2)18(15-9-5-3-6-10-15)21-13-20(14)16-11-7-4-8-12-16/h3-12H,13H2,1H3/q+1. The van der Waals surface area contributed by atoms with E-state index in [1.165, 1.54) is 0 Å².